The van der Waals surface area contributed by atoms with Crippen LogP contribution < -0.4 is 5.32 Å². The lowest BCUT2D eigenvalue weighted by Gasteiger charge is -2.20. The first-order valence-electron chi connectivity index (χ1n) is 6.91. The van der Waals surface area contributed by atoms with E-state index in [1.54, 1.807) is 24.5 Å². The Morgan fingerprint density at radius 3 is 2.61 bits per heavy atom. The first-order valence-corrected chi connectivity index (χ1v) is 6.91. The molecule has 0 saturated heterocycles. The van der Waals surface area contributed by atoms with Crippen molar-refractivity contribution in [1.82, 2.24) is 15.2 Å². The molecule has 0 aliphatic carbocycles. The predicted molar refractivity (Wildman–Crippen MR) is 79.4 cm³/mol. The van der Waals surface area contributed by atoms with E-state index in [0.29, 0.717) is 0 Å². The molecule has 1 aromatic heterocycles. The maximum atomic E-state index is 12.9. The summed E-state index contributed by atoms with van der Waals surface area (Å²) < 4.78 is 38.8. The van der Waals surface area contributed by atoms with Crippen molar-refractivity contribution in [3.8, 4) is 0 Å². The van der Waals surface area contributed by atoms with Crippen LogP contribution in [0.5, 0.6) is 0 Å². The number of nitrogens with one attached hydrogen (secondary N) is 1. The third kappa shape index (κ3) is 4.70. The van der Waals surface area contributed by atoms with Crippen LogP contribution in [0.4, 0.5) is 18.0 Å². The van der Waals surface area contributed by atoms with Crippen molar-refractivity contribution in [2.24, 2.45) is 0 Å². The molecule has 23 heavy (non-hydrogen) atoms. The minimum absolute atomic E-state index is 0.0547. The summed E-state index contributed by atoms with van der Waals surface area (Å²) in [4.78, 5) is 17.1. The Balaban J connectivity index is 1.99. The highest BCUT2D eigenvalue weighted by molar-refractivity contribution is 5.73. The average Bonchev–Trinajstić information content (AvgIpc) is 2.53. The van der Waals surface area contributed by atoms with Crippen molar-refractivity contribution in [2.45, 2.75) is 19.3 Å². The van der Waals surface area contributed by atoms with E-state index in [1.807, 2.05) is 0 Å². The molecule has 0 atom stereocenters. The Morgan fingerprint density at radius 1 is 1.22 bits per heavy atom. The largest absolute Gasteiger partial charge is 0.416 e. The van der Waals surface area contributed by atoms with Crippen molar-refractivity contribution in [2.75, 3.05) is 7.05 Å². The van der Waals surface area contributed by atoms with Gasteiger partial charge in [-0.15, -0.1) is 0 Å². The highest BCUT2D eigenvalue weighted by Crippen LogP contribution is 2.32. The van der Waals surface area contributed by atoms with Gasteiger partial charge in [-0.1, -0.05) is 24.3 Å². The van der Waals surface area contributed by atoms with Gasteiger partial charge in [-0.05, 0) is 23.3 Å². The van der Waals surface area contributed by atoms with Gasteiger partial charge < -0.3 is 10.2 Å². The van der Waals surface area contributed by atoms with Crippen molar-refractivity contribution >= 4 is 6.03 Å². The zero-order valence-corrected chi connectivity index (χ0v) is 12.5. The van der Waals surface area contributed by atoms with E-state index in [0.717, 1.165) is 11.6 Å². The van der Waals surface area contributed by atoms with Gasteiger partial charge in [0.2, 0.25) is 0 Å². The van der Waals surface area contributed by atoms with Crippen LogP contribution in [0.3, 0.4) is 0 Å². The number of alkyl halides is 3. The molecule has 0 radical (unpaired) electrons. The van der Waals surface area contributed by atoms with Crippen molar-refractivity contribution in [3.63, 3.8) is 0 Å². The molecule has 1 N–H and O–H groups in total. The monoisotopic (exact) mass is 323 g/mol. The zero-order chi connectivity index (χ0) is 16.9. The van der Waals surface area contributed by atoms with Crippen LogP contribution in [0.1, 0.15) is 16.7 Å². The molecule has 0 aliphatic heterocycles. The number of halogens is 3. The highest BCUT2D eigenvalue weighted by atomic mass is 19.4. The Hall–Kier alpha value is -2.57. The van der Waals surface area contributed by atoms with Gasteiger partial charge in [0.15, 0.2) is 0 Å². The molecule has 0 spiro atoms. The van der Waals surface area contributed by atoms with Gasteiger partial charge in [0.1, 0.15) is 0 Å². The van der Waals surface area contributed by atoms with E-state index in [4.69, 9.17) is 0 Å². The second kappa shape index (κ2) is 7.13. The van der Waals surface area contributed by atoms with Crippen LogP contribution in [0, 0.1) is 0 Å². The number of amides is 2. The molecule has 0 saturated carbocycles. The summed E-state index contributed by atoms with van der Waals surface area (Å²) in [5.41, 5.74) is 0.135. The third-order valence-corrected chi connectivity index (χ3v) is 3.24. The van der Waals surface area contributed by atoms with Crippen LogP contribution in [-0.4, -0.2) is 23.0 Å². The first kappa shape index (κ1) is 16.8. The summed E-state index contributed by atoms with van der Waals surface area (Å²) in [6, 6.07) is 8.31. The lowest BCUT2D eigenvalue weighted by Crippen LogP contribution is -2.36. The molecule has 1 aromatic carbocycles. The van der Waals surface area contributed by atoms with Crippen molar-refractivity contribution in [1.29, 1.82) is 0 Å². The van der Waals surface area contributed by atoms with Gasteiger partial charge in [0.25, 0.3) is 0 Å². The van der Waals surface area contributed by atoms with E-state index >= 15 is 0 Å². The molecule has 2 amide bonds. The number of pyridine rings is 1. The number of carbonyl (C=O) groups excluding carboxylic acids is 1. The van der Waals surface area contributed by atoms with E-state index in [1.165, 1.54) is 30.1 Å². The van der Waals surface area contributed by atoms with Gasteiger partial charge in [0.05, 0.1) is 5.56 Å². The Kier molecular flexibility index (Phi) is 5.20. The molecule has 2 rings (SSSR count). The number of aromatic nitrogens is 1. The smallest absolute Gasteiger partial charge is 0.334 e. The second-order valence-electron chi connectivity index (χ2n) is 5.03. The number of nitrogens with zero attached hydrogens (tertiary/aromatic N) is 2. The van der Waals surface area contributed by atoms with E-state index in [2.05, 4.69) is 10.3 Å². The van der Waals surface area contributed by atoms with Crippen LogP contribution in [0.15, 0.2) is 48.8 Å². The van der Waals surface area contributed by atoms with Crippen LogP contribution in [0.25, 0.3) is 0 Å². The summed E-state index contributed by atoms with van der Waals surface area (Å²) in [6.45, 7) is 0.131. The fourth-order valence-electron chi connectivity index (χ4n) is 2.08. The van der Waals surface area contributed by atoms with E-state index in [9.17, 15) is 18.0 Å². The Morgan fingerprint density at radius 2 is 1.96 bits per heavy atom. The molecule has 0 fully saturated rings. The lowest BCUT2D eigenvalue weighted by molar-refractivity contribution is -0.138. The van der Waals surface area contributed by atoms with E-state index in [-0.39, 0.29) is 18.7 Å². The number of benzene rings is 1. The van der Waals surface area contributed by atoms with Crippen LogP contribution >= 0.6 is 0 Å². The van der Waals surface area contributed by atoms with Crippen molar-refractivity contribution in [3.05, 3.63) is 65.5 Å². The molecular weight excluding hydrogens is 307 g/mol. The Bertz CT molecular complexity index is 659. The minimum Gasteiger partial charge on any atom is -0.334 e. The van der Waals surface area contributed by atoms with Gasteiger partial charge in [-0.3, -0.25) is 4.98 Å². The average molecular weight is 323 g/mol. The minimum atomic E-state index is -4.44. The third-order valence-electron chi connectivity index (χ3n) is 3.24. The summed E-state index contributed by atoms with van der Waals surface area (Å²) in [5.74, 6) is 0. The number of carbonyl (C=O) groups is 1. The van der Waals surface area contributed by atoms with Gasteiger partial charge in [-0.25, -0.2) is 4.79 Å². The summed E-state index contributed by atoms with van der Waals surface area (Å²) in [7, 11) is 1.45. The molecule has 1 heterocycles. The van der Waals surface area contributed by atoms with Crippen LogP contribution in [-0.2, 0) is 19.3 Å². The van der Waals surface area contributed by atoms with Gasteiger partial charge >= 0.3 is 12.2 Å². The molecule has 122 valence electrons. The lowest BCUT2D eigenvalue weighted by atomic mass is 10.1. The zero-order valence-electron chi connectivity index (χ0n) is 12.5. The molecule has 0 aliphatic rings. The summed E-state index contributed by atoms with van der Waals surface area (Å²) >= 11 is 0. The maximum absolute atomic E-state index is 12.9. The van der Waals surface area contributed by atoms with Gasteiger partial charge in [-0.2, -0.15) is 13.2 Å². The normalized spacial score (nSPS) is 11.1. The molecule has 0 bridgehead atoms. The fraction of sp³-hybridized carbons (Fsp3) is 0.250. The maximum Gasteiger partial charge on any atom is 0.416 e. The molecule has 0 unspecified atom stereocenters. The molecule has 2 aromatic rings. The quantitative estimate of drug-likeness (QED) is 0.937. The number of urea groups is 1. The molecular formula is C16H16F3N3O. The highest BCUT2D eigenvalue weighted by Gasteiger charge is 2.33. The number of hydrogen-bond donors (Lipinski definition) is 1. The summed E-state index contributed by atoms with van der Waals surface area (Å²) in [6.07, 6.45) is -1.21. The van der Waals surface area contributed by atoms with E-state index < -0.39 is 17.8 Å². The fourth-order valence-corrected chi connectivity index (χ4v) is 2.08. The standard InChI is InChI=1S/C16H16F3N3O/c1-22(15(23)21-10-12-5-4-8-20-9-12)11-13-6-2-3-7-14(13)16(17,18)19/h2-9H,10-11H2,1H3,(H,21,23). The van der Waals surface area contributed by atoms with Gasteiger partial charge in [0, 0.05) is 32.5 Å². The summed E-state index contributed by atoms with van der Waals surface area (Å²) in [5, 5.41) is 2.64. The second-order valence-corrected chi connectivity index (χ2v) is 5.03. The molecule has 7 heteroatoms. The molecule has 4 nitrogen and oxygen atoms in total. The Labute approximate surface area is 132 Å². The number of rotatable bonds is 4. The first-order chi connectivity index (χ1) is 10.9. The predicted octanol–water partition coefficient (Wildman–Crippen LogP) is 3.44. The van der Waals surface area contributed by atoms with Crippen LogP contribution in [0.2, 0.25) is 0 Å². The SMILES string of the molecule is CN(Cc1ccccc1C(F)(F)F)C(=O)NCc1cccnc1. The topological polar surface area (TPSA) is 45.2 Å². The van der Waals surface area contributed by atoms with Crippen molar-refractivity contribution < 1.29 is 18.0 Å². The number of hydrogen-bond acceptors (Lipinski definition) is 2.